The Kier molecular flexibility index (Phi) is 7.18. The largest absolute Gasteiger partial charge is 0.394 e. The van der Waals surface area contributed by atoms with E-state index in [0.29, 0.717) is 53.4 Å². The van der Waals surface area contributed by atoms with Crippen LogP contribution in [-0.4, -0.2) is 58.1 Å². The number of rotatable bonds is 5. The van der Waals surface area contributed by atoms with Crippen LogP contribution in [0.2, 0.25) is 10.0 Å². The van der Waals surface area contributed by atoms with E-state index in [1.165, 1.54) is 10.7 Å². The molecule has 34 heavy (non-hydrogen) atoms. The molecule has 1 fully saturated rings. The summed E-state index contributed by atoms with van der Waals surface area (Å²) in [4.78, 5) is 20.7. The van der Waals surface area contributed by atoms with Crippen LogP contribution in [0.5, 0.6) is 0 Å². The Morgan fingerprint density at radius 1 is 1.06 bits per heavy atom. The summed E-state index contributed by atoms with van der Waals surface area (Å²) >= 11 is 12.1. The standard InChI is InChI=1S/C22H21Cl2F3N6O/c23-15-3-5-17(6-4-15)33-18(12-16(30-33)13-22(25,26)27)14-29-21(34)32-10-8-31(9-11-32)20-19(24)2-1-7-28-20/h1-7,12H,8-11,13-14H2,(H,29,34). The van der Waals surface area contributed by atoms with Crippen molar-refractivity contribution in [1.29, 1.82) is 0 Å². The average molecular weight is 513 g/mol. The molecular formula is C22H21Cl2F3N6O. The van der Waals surface area contributed by atoms with E-state index < -0.39 is 12.6 Å². The normalized spacial score (nSPS) is 14.4. The van der Waals surface area contributed by atoms with E-state index in [2.05, 4.69) is 15.4 Å². The van der Waals surface area contributed by atoms with Crippen molar-refractivity contribution < 1.29 is 18.0 Å². The maximum atomic E-state index is 12.9. The lowest BCUT2D eigenvalue weighted by atomic mass is 10.2. The highest BCUT2D eigenvalue weighted by Gasteiger charge is 2.30. The number of alkyl halides is 3. The molecule has 1 aromatic carbocycles. The predicted molar refractivity (Wildman–Crippen MR) is 124 cm³/mol. The third-order valence-corrected chi connectivity index (χ3v) is 5.86. The number of amides is 2. The number of pyridine rings is 1. The molecule has 0 unspecified atom stereocenters. The van der Waals surface area contributed by atoms with Gasteiger partial charge in [0.05, 0.1) is 35.1 Å². The zero-order valence-electron chi connectivity index (χ0n) is 17.9. The van der Waals surface area contributed by atoms with Crippen molar-refractivity contribution in [3.8, 4) is 5.69 Å². The van der Waals surface area contributed by atoms with Crippen LogP contribution in [0.15, 0.2) is 48.7 Å². The Hall–Kier alpha value is -2.98. The molecule has 1 aliphatic heterocycles. The van der Waals surface area contributed by atoms with E-state index in [4.69, 9.17) is 23.2 Å². The molecule has 3 aromatic rings. The molecule has 0 radical (unpaired) electrons. The highest BCUT2D eigenvalue weighted by Crippen LogP contribution is 2.24. The van der Waals surface area contributed by atoms with Crippen molar-refractivity contribution in [1.82, 2.24) is 25.0 Å². The number of urea groups is 1. The SMILES string of the molecule is O=C(NCc1cc(CC(F)(F)F)nn1-c1ccc(Cl)cc1)N1CCN(c2ncccc2Cl)CC1. The van der Waals surface area contributed by atoms with Crippen LogP contribution in [-0.2, 0) is 13.0 Å². The second kappa shape index (κ2) is 10.1. The topological polar surface area (TPSA) is 66.3 Å². The predicted octanol–water partition coefficient (Wildman–Crippen LogP) is 4.71. The summed E-state index contributed by atoms with van der Waals surface area (Å²) in [7, 11) is 0. The summed E-state index contributed by atoms with van der Waals surface area (Å²) in [5.41, 5.74) is 0.837. The molecule has 0 spiro atoms. The van der Waals surface area contributed by atoms with Gasteiger partial charge in [-0.25, -0.2) is 14.5 Å². The van der Waals surface area contributed by atoms with E-state index in [1.54, 1.807) is 47.5 Å². The first kappa shape index (κ1) is 24.2. The number of nitrogens with zero attached hydrogens (tertiary/aromatic N) is 5. The Bertz CT molecular complexity index is 1140. The fourth-order valence-electron chi connectivity index (χ4n) is 3.71. The maximum absolute atomic E-state index is 12.9. The molecule has 7 nitrogen and oxygen atoms in total. The van der Waals surface area contributed by atoms with Crippen molar-refractivity contribution >= 4 is 35.1 Å². The van der Waals surface area contributed by atoms with Gasteiger partial charge in [-0.2, -0.15) is 18.3 Å². The number of carbonyl (C=O) groups is 1. The first-order chi connectivity index (χ1) is 16.2. The zero-order valence-corrected chi connectivity index (χ0v) is 19.4. The molecule has 1 saturated heterocycles. The summed E-state index contributed by atoms with van der Waals surface area (Å²) in [6, 6.07) is 11.1. The van der Waals surface area contributed by atoms with Crippen molar-refractivity contribution in [2.75, 3.05) is 31.1 Å². The van der Waals surface area contributed by atoms with Gasteiger partial charge in [0.25, 0.3) is 0 Å². The molecule has 1 aliphatic rings. The van der Waals surface area contributed by atoms with Crippen LogP contribution in [0.25, 0.3) is 5.69 Å². The minimum Gasteiger partial charge on any atom is -0.352 e. The van der Waals surface area contributed by atoms with Crippen LogP contribution >= 0.6 is 23.2 Å². The van der Waals surface area contributed by atoms with E-state index in [-0.39, 0.29) is 18.3 Å². The average Bonchev–Trinajstić information content (AvgIpc) is 3.19. The summed E-state index contributed by atoms with van der Waals surface area (Å²) in [5, 5.41) is 7.93. The molecule has 0 aliphatic carbocycles. The Morgan fingerprint density at radius 2 is 1.76 bits per heavy atom. The van der Waals surface area contributed by atoms with Gasteiger partial charge in [0.15, 0.2) is 0 Å². The van der Waals surface area contributed by atoms with Gasteiger partial charge < -0.3 is 15.1 Å². The lowest BCUT2D eigenvalue weighted by Crippen LogP contribution is -2.52. The molecule has 0 saturated carbocycles. The summed E-state index contributed by atoms with van der Waals surface area (Å²) in [5.74, 6) is 0.674. The second-order valence-corrected chi connectivity index (χ2v) is 8.59. The molecule has 2 aromatic heterocycles. The second-order valence-electron chi connectivity index (χ2n) is 7.75. The Morgan fingerprint density at radius 3 is 2.41 bits per heavy atom. The number of carbonyl (C=O) groups excluding carboxylic acids is 1. The molecular weight excluding hydrogens is 492 g/mol. The van der Waals surface area contributed by atoms with E-state index >= 15 is 0 Å². The highest BCUT2D eigenvalue weighted by atomic mass is 35.5. The number of piperazine rings is 1. The first-order valence-corrected chi connectivity index (χ1v) is 11.2. The van der Waals surface area contributed by atoms with E-state index in [0.717, 1.165) is 0 Å². The third-order valence-electron chi connectivity index (χ3n) is 5.31. The number of nitrogens with one attached hydrogen (secondary N) is 1. The van der Waals surface area contributed by atoms with Gasteiger partial charge in [-0.05, 0) is 42.5 Å². The van der Waals surface area contributed by atoms with Crippen molar-refractivity contribution in [3.63, 3.8) is 0 Å². The van der Waals surface area contributed by atoms with Gasteiger partial charge in [-0.3, -0.25) is 0 Å². The number of benzene rings is 1. The van der Waals surface area contributed by atoms with Gasteiger partial charge in [0.1, 0.15) is 5.82 Å². The van der Waals surface area contributed by atoms with Crippen LogP contribution in [0.1, 0.15) is 11.4 Å². The van der Waals surface area contributed by atoms with Crippen LogP contribution < -0.4 is 10.2 Å². The maximum Gasteiger partial charge on any atom is 0.394 e. The summed E-state index contributed by atoms with van der Waals surface area (Å²) in [6.07, 6.45) is -3.89. The lowest BCUT2D eigenvalue weighted by molar-refractivity contribution is -0.127. The molecule has 0 bridgehead atoms. The number of anilines is 1. The van der Waals surface area contributed by atoms with E-state index in [9.17, 15) is 18.0 Å². The van der Waals surface area contributed by atoms with Gasteiger partial charge in [0.2, 0.25) is 0 Å². The number of aromatic nitrogens is 3. The smallest absolute Gasteiger partial charge is 0.352 e. The zero-order chi connectivity index (χ0) is 24.3. The summed E-state index contributed by atoms with van der Waals surface area (Å²) < 4.78 is 40.1. The number of hydrogen-bond acceptors (Lipinski definition) is 4. The molecule has 4 rings (SSSR count). The lowest BCUT2D eigenvalue weighted by Gasteiger charge is -2.35. The first-order valence-electron chi connectivity index (χ1n) is 10.5. The monoisotopic (exact) mass is 512 g/mol. The van der Waals surface area contributed by atoms with Crippen LogP contribution in [0, 0.1) is 0 Å². The fraction of sp³-hybridized carbons (Fsp3) is 0.318. The van der Waals surface area contributed by atoms with Crippen molar-refractivity contribution in [3.05, 3.63) is 70.1 Å². The summed E-state index contributed by atoms with van der Waals surface area (Å²) in [6.45, 7) is 2.03. The molecule has 12 heteroatoms. The van der Waals surface area contributed by atoms with Gasteiger partial charge in [-0.1, -0.05) is 23.2 Å². The Balaban J connectivity index is 1.42. The quantitative estimate of drug-likeness (QED) is 0.537. The van der Waals surface area contributed by atoms with Crippen molar-refractivity contribution in [2.45, 2.75) is 19.1 Å². The van der Waals surface area contributed by atoms with Crippen LogP contribution in [0.4, 0.5) is 23.8 Å². The van der Waals surface area contributed by atoms with Gasteiger partial charge >= 0.3 is 12.2 Å². The van der Waals surface area contributed by atoms with Crippen LogP contribution in [0.3, 0.4) is 0 Å². The number of hydrogen-bond donors (Lipinski definition) is 1. The van der Waals surface area contributed by atoms with Gasteiger partial charge in [0, 0.05) is 37.4 Å². The number of halogens is 5. The van der Waals surface area contributed by atoms with E-state index in [1.807, 2.05) is 4.90 Å². The molecule has 3 heterocycles. The molecule has 1 N–H and O–H groups in total. The van der Waals surface area contributed by atoms with Crippen molar-refractivity contribution in [2.24, 2.45) is 0 Å². The minimum atomic E-state index is -4.39. The van der Waals surface area contributed by atoms with Gasteiger partial charge in [-0.15, -0.1) is 0 Å². The highest BCUT2D eigenvalue weighted by molar-refractivity contribution is 6.32. The third kappa shape index (κ3) is 5.92. The Labute approximate surface area is 204 Å². The minimum absolute atomic E-state index is 0.0125. The molecule has 0 atom stereocenters. The molecule has 2 amide bonds. The molecule has 180 valence electrons. The fourth-order valence-corrected chi connectivity index (χ4v) is 4.07.